The van der Waals surface area contributed by atoms with Crippen LogP contribution in [0.1, 0.15) is 115 Å². The number of amides is 2. The van der Waals surface area contributed by atoms with E-state index in [4.69, 9.17) is 4.74 Å². The Kier molecular flexibility index (Phi) is 7.81. The van der Waals surface area contributed by atoms with E-state index in [0.717, 1.165) is 37.7 Å². The molecule has 7 heteroatoms. The van der Waals surface area contributed by atoms with Crippen LogP contribution in [0.5, 0.6) is 0 Å². The SMILES string of the molecule is C=C(C)[C@@H]1CC[C@]2(NC(=O)CN3CCOC3=O)CC[C@]3(C)[C@H](CCC4[C@@]5(C)CC=C(c6ccc(C(=O)O)cc6)C(C)(C)C5CC[C@]43C)C12. The number of allylic oxidation sites excluding steroid dienone is 3. The van der Waals surface area contributed by atoms with E-state index in [1.54, 1.807) is 12.1 Å². The van der Waals surface area contributed by atoms with E-state index in [0.29, 0.717) is 48.3 Å². The average Bonchev–Trinajstić information content (AvgIpc) is 3.60. The lowest BCUT2D eigenvalue weighted by atomic mass is 9.33. The summed E-state index contributed by atoms with van der Waals surface area (Å²) >= 11 is 0. The first-order valence-electron chi connectivity index (χ1n) is 18.5. The van der Waals surface area contributed by atoms with Crippen molar-refractivity contribution in [3.8, 4) is 0 Å². The molecule has 7 rings (SSSR count). The van der Waals surface area contributed by atoms with Crippen LogP contribution in [0.2, 0.25) is 0 Å². The Morgan fingerprint density at radius 2 is 1.69 bits per heavy atom. The number of carboxylic acids is 1. The minimum absolute atomic E-state index is 0.0267. The van der Waals surface area contributed by atoms with Crippen LogP contribution < -0.4 is 5.32 Å². The van der Waals surface area contributed by atoms with Crippen LogP contribution in [0.4, 0.5) is 4.79 Å². The molecule has 48 heavy (non-hydrogen) atoms. The molecule has 0 aromatic heterocycles. The van der Waals surface area contributed by atoms with Gasteiger partial charge in [0.1, 0.15) is 13.2 Å². The van der Waals surface area contributed by atoms with Gasteiger partial charge < -0.3 is 15.2 Å². The number of hydrogen-bond donors (Lipinski definition) is 2. The van der Waals surface area contributed by atoms with Gasteiger partial charge in [0.05, 0.1) is 12.1 Å². The van der Waals surface area contributed by atoms with Crippen LogP contribution in [-0.2, 0) is 9.53 Å². The number of nitrogens with zero attached hydrogens (tertiary/aromatic N) is 1. The number of carbonyl (C=O) groups excluding carboxylic acids is 2. The fourth-order valence-corrected chi connectivity index (χ4v) is 13.3. The third-order valence-electron chi connectivity index (χ3n) is 15.7. The van der Waals surface area contributed by atoms with Crippen LogP contribution in [0.3, 0.4) is 0 Å². The third kappa shape index (κ3) is 4.68. The van der Waals surface area contributed by atoms with Gasteiger partial charge in [-0.3, -0.25) is 9.69 Å². The van der Waals surface area contributed by atoms with E-state index >= 15 is 0 Å². The second kappa shape index (κ2) is 11.2. The lowest BCUT2D eigenvalue weighted by molar-refractivity contribution is -0.219. The summed E-state index contributed by atoms with van der Waals surface area (Å²) < 4.78 is 5.11. The molecule has 5 aliphatic carbocycles. The van der Waals surface area contributed by atoms with E-state index < -0.39 is 5.97 Å². The van der Waals surface area contributed by atoms with Crippen molar-refractivity contribution in [2.45, 2.75) is 105 Å². The summed E-state index contributed by atoms with van der Waals surface area (Å²) in [6.07, 6.45) is 12.1. The maximum absolute atomic E-state index is 13.6. The fraction of sp³-hybridized carbons (Fsp3) is 0.683. The number of rotatable bonds is 6. The normalized spacial score (nSPS) is 41.2. The summed E-state index contributed by atoms with van der Waals surface area (Å²) in [6, 6.07) is 7.50. The van der Waals surface area contributed by atoms with Crippen molar-refractivity contribution in [1.82, 2.24) is 10.2 Å². The fourth-order valence-electron chi connectivity index (χ4n) is 13.3. The highest BCUT2D eigenvalue weighted by molar-refractivity contribution is 5.88. The third-order valence-corrected chi connectivity index (χ3v) is 15.7. The van der Waals surface area contributed by atoms with Gasteiger partial charge in [-0.2, -0.15) is 0 Å². The molecule has 1 aliphatic heterocycles. The topological polar surface area (TPSA) is 95.9 Å². The summed E-state index contributed by atoms with van der Waals surface area (Å²) in [5.74, 6) is 1.46. The highest BCUT2D eigenvalue weighted by Crippen LogP contribution is 2.76. The zero-order valence-electron chi connectivity index (χ0n) is 30.0. The van der Waals surface area contributed by atoms with Gasteiger partial charge in [0.25, 0.3) is 0 Å². The first kappa shape index (κ1) is 33.4. The summed E-state index contributed by atoms with van der Waals surface area (Å²) in [7, 11) is 0. The highest BCUT2D eigenvalue weighted by atomic mass is 16.6. The van der Waals surface area contributed by atoms with E-state index in [1.165, 1.54) is 41.7 Å². The van der Waals surface area contributed by atoms with Gasteiger partial charge in [-0.15, -0.1) is 0 Å². The van der Waals surface area contributed by atoms with Crippen LogP contribution in [0.15, 0.2) is 42.5 Å². The average molecular weight is 657 g/mol. The van der Waals surface area contributed by atoms with Gasteiger partial charge in [-0.1, -0.05) is 65.0 Å². The zero-order chi connectivity index (χ0) is 34.4. The number of aromatic carboxylic acids is 1. The van der Waals surface area contributed by atoms with Crippen molar-refractivity contribution < 1.29 is 24.2 Å². The van der Waals surface area contributed by atoms with Crippen LogP contribution in [0.25, 0.3) is 5.57 Å². The summed E-state index contributed by atoms with van der Waals surface area (Å²) in [6.45, 7) is 20.3. The molecule has 2 amide bonds. The Labute approximate surface area is 286 Å². The number of fused-ring (bicyclic) bond motifs is 7. The first-order chi connectivity index (χ1) is 22.6. The number of cyclic esters (lactones) is 1. The van der Waals surface area contributed by atoms with Gasteiger partial charge in [0, 0.05) is 5.54 Å². The van der Waals surface area contributed by atoms with E-state index in [1.807, 2.05) is 12.1 Å². The Balaban J connectivity index is 1.19. The standard InChI is InChI=1S/C41H56N2O5/c1-25(2)28-14-19-41(42-33(44)24-43-22-23-48-36(43)47)21-20-39(6)30(34(28)41)12-13-32-38(5)17-15-29(26-8-10-27(11-9-26)35(45)46)37(3,4)31(38)16-18-40(32,39)7/h8-11,15,28,30-32,34H,1,12-14,16-24H2,2-7H3,(H,42,44)(H,45,46)/t28-,30+,31?,32?,34?,38-,39+,40+,41-/m0/s1. The molecule has 3 unspecified atom stereocenters. The van der Waals surface area contributed by atoms with Crippen molar-refractivity contribution in [3.05, 3.63) is 53.6 Å². The Bertz CT molecular complexity index is 1560. The second-order valence-corrected chi connectivity index (χ2v) is 17.9. The van der Waals surface area contributed by atoms with Crippen LogP contribution in [0, 0.1) is 51.2 Å². The molecule has 7 nitrogen and oxygen atoms in total. The number of carbonyl (C=O) groups is 3. The molecule has 5 fully saturated rings. The molecule has 260 valence electrons. The van der Waals surface area contributed by atoms with Gasteiger partial charge in [-0.25, -0.2) is 9.59 Å². The molecule has 0 radical (unpaired) electrons. The summed E-state index contributed by atoms with van der Waals surface area (Å²) in [5, 5.41) is 13.1. The Morgan fingerprint density at radius 1 is 0.958 bits per heavy atom. The van der Waals surface area contributed by atoms with Crippen molar-refractivity contribution in [2.75, 3.05) is 19.7 Å². The lowest BCUT2D eigenvalue weighted by Gasteiger charge is -2.72. The molecule has 1 aromatic rings. The predicted molar refractivity (Wildman–Crippen MR) is 187 cm³/mol. The number of hydrogen-bond acceptors (Lipinski definition) is 4. The van der Waals surface area contributed by atoms with Crippen molar-refractivity contribution in [1.29, 1.82) is 0 Å². The van der Waals surface area contributed by atoms with Crippen molar-refractivity contribution in [3.63, 3.8) is 0 Å². The monoisotopic (exact) mass is 656 g/mol. The van der Waals surface area contributed by atoms with E-state index in [9.17, 15) is 19.5 Å². The molecular formula is C41H56N2O5. The van der Waals surface area contributed by atoms with Crippen LogP contribution in [-0.4, -0.2) is 53.2 Å². The molecule has 0 bridgehead atoms. The molecule has 0 spiro atoms. The minimum atomic E-state index is -0.884. The van der Waals surface area contributed by atoms with Gasteiger partial charge in [-0.05, 0) is 139 Å². The summed E-state index contributed by atoms with van der Waals surface area (Å²) in [4.78, 5) is 38.8. The molecular weight excluding hydrogens is 600 g/mol. The highest BCUT2D eigenvalue weighted by Gasteiger charge is 2.70. The Morgan fingerprint density at radius 3 is 2.33 bits per heavy atom. The molecule has 6 aliphatic rings. The van der Waals surface area contributed by atoms with Crippen molar-refractivity contribution in [2.24, 2.45) is 51.2 Å². The predicted octanol–water partition coefficient (Wildman–Crippen LogP) is 8.36. The minimum Gasteiger partial charge on any atom is -0.478 e. The number of benzene rings is 1. The molecule has 1 aromatic carbocycles. The lowest BCUT2D eigenvalue weighted by Crippen LogP contribution is -2.68. The molecule has 1 saturated heterocycles. The maximum atomic E-state index is 13.6. The van der Waals surface area contributed by atoms with Gasteiger partial charge in [0.15, 0.2) is 0 Å². The van der Waals surface area contributed by atoms with Crippen LogP contribution >= 0.6 is 0 Å². The van der Waals surface area contributed by atoms with E-state index in [2.05, 4.69) is 59.5 Å². The van der Waals surface area contributed by atoms with Gasteiger partial charge >= 0.3 is 12.1 Å². The maximum Gasteiger partial charge on any atom is 0.410 e. The number of carboxylic acid groups (broad SMARTS) is 1. The number of nitrogens with one attached hydrogen (secondary N) is 1. The Hall–Kier alpha value is -3.09. The smallest absolute Gasteiger partial charge is 0.410 e. The van der Waals surface area contributed by atoms with Crippen molar-refractivity contribution >= 4 is 23.5 Å². The molecule has 2 N–H and O–H groups in total. The molecule has 9 atom stereocenters. The second-order valence-electron chi connectivity index (χ2n) is 17.9. The molecule has 1 heterocycles. The first-order valence-corrected chi connectivity index (χ1v) is 18.5. The molecule has 4 saturated carbocycles. The largest absolute Gasteiger partial charge is 0.478 e. The summed E-state index contributed by atoms with van der Waals surface area (Å²) in [5.41, 5.74) is 4.32. The van der Waals surface area contributed by atoms with Gasteiger partial charge in [0.2, 0.25) is 5.91 Å². The number of ether oxygens (including phenoxy) is 1. The van der Waals surface area contributed by atoms with E-state index in [-0.39, 0.29) is 45.7 Å². The zero-order valence-corrected chi connectivity index (χ0v) is 30.0. The quantitative estimate of drug-likeness (QED) is 0.300.